The van der Waals surface area contributed by atoms with Gasteiger partial charge in [-0.1, -0.05) is 37.1 Å². The molecule has 2 aliphatic rings. The molecule has 2 bridgehead atoms. The number of nitrogens with zero attached hydrogens (tertiary/aromatic N) is 1. The summed E-state index contributed by atoms with van der Waals surface area (Å²) in [7, 11) is 0. The molecule has 2 aliphatic heterocycles. The molecular weight excluding hydrogens is 458 g/mol. The molecule has 1 unspecified atom stereocenters. The highest BCUT2D eigenvalue weighted by Crippen LogP contribution is 2.42. The van der Waals surface area contributed by atoms with E-state index in [0.717, 1.165) is 53.4 Å². The van der Waals surface area contributed by atoms with Crippen LogP contribution in [0, 0.1) is 13.8 Å². The van der Waals surface area contributed by atoms with Crippen LogP contribution in [0.4, 0.5) is 0 Å². The molecule has 1 atom stereocenters. The summed E-state index contributed by atoms with van der Waals surface area (Å²) in [5.74, 6) is 0.419. The summed E-state index contributed by atoms with van der Waals surface area (Å²) in [5, 5.41) is 4.22. The smallest absolute Gasteiger partial charge is 0.233 e. The average molecular weight is 500 g/mol. The van der Waals surface area contributed by atoms with E-state index in [4.69, 9.17) is 0 Å². The number of hydrogen-bond donors (Lipinski definition) is 2. The Bertz CT molecular complexity index is 1310. The van der Waals surface area contributed by atoms with Crippen LogP contribution in [-0.2, 0) is 15.0 Å². The van der Waals surface area contributed by atoms with Gasteiger partial charge < -0.3 is 15.2 Å². The first-order valence-corrected chi connectivity index (χ1v) is 13.9. The normalized spacial score (nSPS) is 20.0. The summed E-state index contributed by atoms with van der Waals surface area (Å²) < 4.78 is 0. The molecule has 0 aliphatic carbocycles. The highest BCUT2D eigenvalue weighted by atomic mass is 16.2. The molecule has 0 saturated carbocycles. The van der Waals surface area contributed by atoms with Crippen LogP contribution in [0.2, 0.25) is 0 Å². The maximum Gasteiger partial charge on any atom is 0.233 e. The molecule has 2 N–H and O–H groups in total. The van der Waals surface area contributed by atoms with Crippen molar-refractivity contribution in [2.24, 2.45) is 0 Å². The van der Waals surface area contributed by atoms with Gasteiger partial charge in [-0.05, 0) is 94.3 Å². The highest BCUT2D eigenvalue weighted by molar-refractivity contribution is 5.95. The fraction of sp³-hybridized carbons (Fsp3) is 0.500. The van der Waals surface area contributed by atoms with Gasteiger partial charge in [-0.15, -0.1) is 0 Å². The standard InChI is InChI=1S/C32H41N3O2/c1-7-28(36)33-18-21(4)29-26-17-23(32(5,6)31(37)35-24-9-10-25(35)12-11-24)8-13-27(26)34-30(29)22-15-19(2)14-20(3)16-22/h8,13-17,21,24-25,34H,7,9-12,18H2,1-6H3,(H,33,36). The lowest BCUT2D eigenvalue weighted by molar-refractivity contribution is -0.137. The van der Waals surface area contributed by atoms with Crippen molar-refractivity contribution in [2.45, 2.75) is 97.1 Å². The van der Waals surface area contributed by atoms with Gasteiger partial charge in [-0.2, -0.15) is 0 Å². The Morgan fingerprint density at radius 1 is 1.03 bits per heavy atom. The molecule has 5 nitrogen and oxygen atoms in total. The number of nitrogens with one attached hydrogen (secondary N) is 2. The summed E-state index contributed by atoms with van der Waals surface area (Å²) in [6.45, 7) is 13.0. The molecule has 2 aromatic carbocycles. The van der Waals surface area contributed by atoms with E-state index in [1.807, 2.05) is 6.92 Å². The summed E-state index contributed by atoms with van der Waals surface area (Å²) in [4.78, 5) is 31.8. The van der Waals surface area contributed by atoms with Gasteiger partial charge in [0.05, 0.1) is 11.1 Å². The summed E-state index contributed by atoms with van der Waals surface area (Å²) in [5.41, 5.74) is 7.40. The number of H-pyrrole nitrogens is 1. The molecule has 2 amide bonds. The minimum absolute atomic E-state index is 0.0623. The van der Waals surface area contributed by atoms with E-state index in [2.05, 4.69) is 86.2 Å². The first kappa shape index (κ1) is 25.6. The maximum atomic E-state index is 13.9. The Labute approximate surface area is 221 Å². The molecule has 0 spiro atoms. The quantitative estimate of drug-likeness (QED) is 0.389. The van der Waals surface area contributed by atoms with E-state index in [9.17, 15) is 9.59 Å². The van der Waals surface area contributed by atoms with Crippen molar-refractivity contribution < 1.29 is 9.59 Å². The lowest BCUT2D eigenvalue weighted by atomic mass is 9.81. The lowest BCUT2D eigenvalue weighted by Crippen LogP contribution is -2.45. The third-order valence-corrected chi connectivity index (χ3v) is 8.71. The molecule has 2 fully saturated rings. The molecule has 0 radical (unpaired) electrons. The second kappa shape index (κ2) is 9.66. The minimum Gasteiger partial charge on any atom is -0.356 e. The molecule has 3 aromatic rings. The first-order valence-electron chi connectivity index (χ1n) is 13.9. The molecule has 5 heteroatoms. The van der Waals surface area contributed by atoms with Crippen molar-refractivity contribution in [3.8, 4) is 11.3 Å². The van der Waals surface area contributed by atoms with Gasteiger partial charge in [-0.25, -0.2) is 0 Å². The number of fused-ring (bicyclic) bond motifs is 3. The Morgan fingerprint density at radius 2 is 1.65 bits per heavy atom. The Hall–Kier alpha value is -3.08. The Morgan fingerprint density at radius 3 is 2.24 bits per heavy atom. The van der Waals surface area contributed by atoms with Crippen molar-refractivity contribution >= 4 is 22.7 Å². The van der Waals surface area contributed by atoms with Crippen LogP contribution in [0.15, 0.2) is 36.4 Å². The molecule has 196 valence electrons. The maximum absolute atomic E-state index is 13.9. The predicted molar refractivity (Wildman–Crippen MR) is 151 cm³/mol. The van der Waals surface area contributed by atoms with Crippen LogP contribution in [0.3, 0.4) is 0 Å². The minimum atomic E-state index is -0.604. The van der Waals surface area contributed by atoms with Crippen LogP contribution in [0.1, 0.15) is 88.0 Å². The van der Waals surface area contributed by atoms with Crippen molar-refractivity contribution in [3.63, 3.8) is 0 Å². The fourth-order valence-corrected chi connectivity index (χ4v) is 6.64. The number of hydrogen-bond acceptors (Lipinski definition) is 2. The lowest BCUT2D eigenvalue weighted by Gasteiger charge is -2.33. The second-order valence-corrected chi connectivity index (χ2v) is 11.9. The van der Waals surface area contributed by atoms with Gasteiger partial charge in [0.1, 0.15) is 0 Å². The van der Waals surface area contributed by atoms with Crippen molar-refractivity contribution in [1.82, 2.24) is 15.2 Å². The Balaban J connectivity index is 1.59. The largest absolute Gasteiger partial charge is 0.356 e. The first-order chi connectivity index (χ1) is 17.6. The van der Waals surface area contributed by atoms with E-state index in [1.165, 1.54) is 16.7 Å². The van der Waals surface area contributed by atoms with Gasteiger partial charge in [-0.3, -0.25) is 9.59 Å². The van der Waals surface area contributed by atoms with Crippen molar-refractivity contribution in [2.75, 3.05) is 6.54 Å². The van der Waals surface area contributed by atoms with E-state index in [0.29, 0.717) is 25.0 Å². The number of rotatable bonds is 7. The van der Waals surface area contributed by atoms with E-state index >= 15 is 0 Å². The number of benzene rings is 2. The SMILES string of the molecule is CCC(=O)NCC(C)c1c(-c2cc(C)cc(C)c2)[nH]c2ccc(C(C)(C)C(=O)N3C4CCC3CC4)cc12. The van der Waals surface area contributed by atoms with Crippen molar-refractivity contribution in [3.05, 3.63) is 58.7 Å². The monoisotopic (exact) mass is 499 g/mol. The third kappa shape index (κ3) is 4.58. The summed E-state index contributed by atoms with van der Waals surface area (Å²) in [6, 6.07) is 13.9. The summed E-state index contributed by atoms with van der Waals surface area (Å²) >= 11 is 0. The summed E-state index contributed by atoms with van der Waals surface area (Å²) in [6.07, 6.45) is 5.06. The second-order valence-electron chi connectivity index (χ2n) is 11.9. The molecule has 37 heavy (non-hydrogen) atoms. The number of aromatic nitrogens is 1. The number of carbonyl (C=O) groups is 2. The van der Waals surface area contributed by atoms with Crippen LogP contribution >= 0.6 is 0 Å². The van der Waals surface area contributed by atoms with Crippen LogP contribution in [0.5, 0.6) is 0 Å². The molecule has 1 aromatic heterocycles. The van der Waals surface area contributed by atoms with Gasteiger partial charge in [0.25, 0.3) is 0 Å². The van der Waals surface area contributed by atoms with Gasteiger partial charge >= 0.3 is 0 Å². The van der Waals surface area contributed by atoms with Gasteiger partial charge in [0.2, 0.25) is 11.8 Å². The van der Waals surface area contributed by atoms with Crippen LogP contribution in [-0.4, -0.2) is 40.3 Å². The van der Waals surface area contributed by atoms with E-state index in [-0.39, 0.29) is 17.7 Å². The third-order valence-electron chi connectivity index (χ3n) is 8.71. The fourth-order valence-electron chi connectivity index (χ4n) is 6.64. The number of carbonyl (C=O) groups excluding carboxylic acids is 2. The zero-order valence-corrected chi connectivity index (χ0v) is 23.2. The molecule has 3 heterocycles. The van der Waals surface area contributed by atoms with Crippen LogP contribution < -0.4 is 5.32 Å². The topological polar surface area (TPSA) is 65.2 Å². The zero-order chi connectivity index (χ0) is 26.5. The van der Waals surface area contributed by atoms with Gasteiger partial charge in [0.15, 0.2) is 0 Å². The van der Waals surface area contributed by atoms with Gasteiger partial charge in [0, 0.05) is 41.9 Å². The molecule has 5 rings (SSSR count). The number of amides is 2. The number of aromatic amines is 1. The zero-order valence-electron chi connectivity index (χ0n) is 23.2. The van der Waals surface area contributed by atoms with Crippen LogP contribution in [0.25, 0.3) is 22.2 Å². The number of aryl methyl sites for hydroxylation is 2. The van der Waals surface area contributed by atoms with Crippen molar-refractivity contribution in [1.29, 1.82) is 0 Å². The highest BCUT2D eigenvalue weighted by Gasteiger charge is 2.47. The van der Waals surface area contributed by atoms with E-state index in [1.54, 1.807) is 0 Å². The molecule has 2 saturated heterocycles. The average Bonchev–Trinajstić information content (AvgIpc) is 3.57. The predicted octanol–water partition coefficient (Wildman–Crippen LogP) is 6.51. The Kier molecular flexibility index (Phi) is 6.68. The van der Waals surface area contributed by atoms with E-state index < -0.39 is 5.41 Å². The molecular formula is C32H41N3O2.